The van der Waals surface area contributed by atoms with E-state index in [4.69, 9.17) is 4.74 Å². The fraction of sp³-hybridized carbons (Fsp3) is 0.526. The van der Waals surface area contributed by atoms with Gasteiger partial charge in [-0.1, -0.05) is 23.4 Å². The zero-order chi connectivity index (χ0) is 17.9. The average Bonchev–Trinajstić information content (AvgIpc) is 3.10. The zero-order valence-corrected chi connectivity index (χ0v) is 15.0. The van der Waals surface area contributed by atoms with E-state index in [9.17, 15) is 4.79 Å². The van der Waals surface area contributed by atoms with Crippen molar-refractivity contribution < 1.29 is 9.53 Å². The molecule has 3 saturated heterocycles. The van der Waals surface area contributed by atoms with Crippen LogP contribution < -0.4 is 5.32 Å². The van der Waals surface area contributed by atoms with Crippen molar-refractivity contribution in [2.75, 3.05) is 25.5 Å². The largest absolute Gasteiger partial charge is 0.378 e. The lowest BCUT2D eigenvalue weighted by atomic mass is 9.75. The second-order valence-corrected chi connectivity index (χ2v) is 7.26. The number of carbonyl (C=O) groups excluding carboxylic acids is 1. The molecule has 1 aromatic heterocycles. The summed E-state index contributed by atoms with van der Waals surface area (Å²) in [6.45, 7) is 3.19. The van der Waals surface area contributed by atoms with E-state index in [1.807, 2.05) is 41.2 Å². The second kappa shape index (κ2) is 7.55. The van der Waals surface area contributed by atoms with Crippen molar-refractivity contribution in [2.24, 2.45) is 11.8 Å². The maximum absolute atomic E-state index is 12.7. The zero-order valence-electron chi connectivity index (χ0n) is 15.0. The van der Waals surface area contributed by atoms with Gasteiger partial charge in [-0.05, 0) is 37.4 Å². The van der Waals surface area contributed by atoms with Gasteiger partial charge in [0.2, 0.25) is 5.91 Å². The highest BCUT2D eigenvalue weighted by atomic mass is 16.5. The van der Waals surface area contributed by atoms with Gasteiger partial charge in [-0.15, -0.1) is 5.10 Å². The van der Waals surface area contributed by atoms with E-state index < -0.39 is 0 Å². The molecule has 2 bridgehead atoms. The molecule has 4 atom stereocenters. The van der Waals surface area contributed by atoms with Crippen molar-refractivity contribution in [3.05, 3.63) is 42.2 Å². The van der Waals surface area contributed by atoms with Gasteiger partial charge in [-0.2, -0.15) is 0 Å². The van der Waals surface area contributed by atoms with Crippen molar-refractivity contribution >= 4 is 11.6 Å². The van der Waals surface area contributed by atoms with Gasteiger partial charge in [0, 0.05) is 25.4 Å². The highest BCUT2D eigenvalue weighted by Gasteiger charge is 2.43. The molecule has 0 radical (unpaired) electrons. The number of amides is 1. The van der Waals surface area contributed by atoms with E-state index in [0.717, 1.165) is 43.9 Å². The first kappa shape index (κ1) is 17.2. The Morgan fingerprint density at radius 3 is 2.92 bits per heavy atom. The lowest BCUT2D eigenvalue weighted by Crippen LogP contribution is -2.57. The molecule has 3 fully saturated rings. The number of piperidine rings is 3. The van der Waals surface area contributed by atoms with Crippen LogP contribution in [-0.2, 0) is 22.7 Å². The van der Waals surface area contributed by atoms with Crippen molar-refractivity contribution in [2.45, 2.75) is 32.0 Å². The minimum Gasteiger partial charge on any atom is -0.378 e. The van der Waals surface area contributed by atoms with Gasteiger partial charge in [0.1, 0.15) is 5.69 Å². The van der Waals surface area contributed by atoms with Crippen molar-refractivity contribution in [1.82, 2.24) is 19.9 Å². The van der Waals surface area contributed by atoms with Crippen LogP contribution in [0.1, 0.15) is 18.5 Å². The Bertz CT molecular complexity index is 747. The van der Waals surface area contributed by atoms with Crippen LogP contribution in [0.3, 0.4) is 0 Å². The summed E-state index contributed by atoms with van der Waals surface area (Å²) in [5, 5.41) is 11.4. The van der Waals surface area contributed by atoms with E-state index in [-0.39, 0.29) is 11.8 Å². The molecule has 1 aromatic carbocycles. The minimum atomic E-state index is 0.0694. The predicted molar refractivity (Wildman–Crippen MR) is 97.4 cm³/mol. The molecular weight excluding hydrogens is 330 g/mol. The number of fused-ring (bicyclic) bond motifs is 3. The number of benzene rings is 1. The fourth-order valence-corrected chi connectivity index (χ4v) is 4.24. The number of para-hydroxylation sites is 1. The monoisotopic (exact) mass is 355 g/mol. The maximum Gasteiger partial charge on any atom is 0.229 e. The summed E-state index contributed by atoms with van der Waals surface area (Å²) in [6, 6.07) is 10.1. The van der Waals surface area contributed by atoms with E-state index in [2.05, 4.69) is 20.5 Å². The quantitative estimate of drug-likeness (QED) is 0.855. The number of hydrogen-bond acceptors (Lipinski definition) is 5. The summed E-state index contributed by atoms with van der Waals surface area (Å²) in [4.78, 5) is 15.2. The molecule has 0 saturated carbocycles. The molecule has 0 aliphatic carbocycles. The Kier molecular flexibility index (Phi) is 4.99. The number of anilines is 1. The Hall–Kier alpha value is -2.25. The van der Waals surface area contributed by atoms with E-state index >= 15 is 0 Å². The van der Waals surface area contributed by atoms with Crippen LogP contribution >= 0.6 is 0 Å². The fourth-order valence-electron chi connectivity index (χ4n) is 4.24. The van der Waals surface area contributed by atoms with Crippen LogP contribution in [0, 0.1) is 11.8 Å². The van der Waals surface area contributed by atoms with Crippen molar-refractivity contribution in [1.29, 1.82) is 0 Å². The first-order chi connectivity index (χ1) is 12.7. The predicted octanol–water partition coefficient (Wildman–Crippen LogP) is 1.77. The smallest absolute Gasteiger partial charge is 0.229 e. The highest BCUT2D eigenvalue weighted by molar-refractivity contribution is 5.93. The van der Waals surface area contributed by atoms with E-state index in [1.54, 1.807) is 7.11 Å². The van der Waals surface area contributed by atoms with Crippen molar-refractivity contribution in [3.63, 3.8) is 0 Å². The Balaban J connectivity index is 1.37. The maximum atomic E-state index is 12.7. The molecule has 1 unspecified atom stereocenters. The van der Waals surface area contributed by atoms with Crippen LogP contribution in [-0.4, -0.2) is 52.0 Å². The molecule has 138 valence electrons. The van der Waals surface area contributed by atoms with Crippen LogP contribution in [0.5, 0.6) is 0 Å². The van der Waals surface area contributed by atoms with Gasteiger partial charge in [0.15, 0.2) is 0 Å². The molecule has 26 heavy (non-hydrogen) atoms. The number of nitrogens with zero attached hydrogens (tertiary/aromatic N) is 4. The van der Waals surface area contributed by atoms with E-state index in [0.29, 0.717) is 18.6 Å². The highest BCUT2D eigenvalue weighted by Crippen LogP contribution is 2.37. The van der Waals surface area contributed by atoms with Gasteiger partial charge in [-0.3, -0.25) is 14.4 Å². The number of hydrogen-bond donors (Lipinski definition) is 1. The molecule has 1 amide bonds. The standard InChI is InChI=1S/C19H25N5O2/c1-26-13-16-10-24(22-21-16)11-17-9-14-7-8-23(17)12-18(14)19(25)20-15-5-3-2-4-6-15/h2-6,10,14,17-18H,7-9,11-13H2,1H3,(H,20,25)/t14-,17-,18+/m1/s1. The molecule has 0 spiro atoms. The molecule has 3 aliphatic heterocycles. The van der Waals surface area contributed by atoms with Gasteiger partial charge in [0.05, 0.1) is 25.3 Å². The van der Waals surface area contributed by atoms with Crippen LogP contribution in [0.25, 0.3) is 0 Å². The normalized spacial score (nSPS) is 27.4. The molecule has 1 N–H and O–H groups in total. The number of aromatic nitrogens is 3. The van der Waals surface area contributed by atoms with Gasteiger partial charge < -0.3 is 10.1 Å². The van der Waals surface area contributed by atoms with Gasteiger partial charge in [-0.25, -0.2) is 0 Å². The Labute approximate surface area is 153 Å². The molecule has 3 aliphatic rings. The third-order valence-corrected chi connectivity index (χ3v) is 5.53. The minimum absolute atomic E-state index is 0.0694. The topological polar surface area (TPSA) is 72.3 Å². The van der Waals surface area contributed by atoms with Crippen molar-refractivity contribution in [3.8, 4) is 0 Å². The molecular formula is C19H25N5O2. The summed E-state index contributed by atoms with van der Waals surface area (Å²) in [5.41, 5.74) is 1.72. The molecule has 2 aromatic rings. The Morgan fingerprint density at radius 1 is 1.35 bits per heavy atom. The average molecular weight is 355 g/mol. The van der Waals surface area contributed by atoms with Crippen LogP contribution in [0.15, 0.2) is 36.5 Å². The van der Waals surface area contributed by atoms with Crippen LogP contribution in [0.2, 0.25) is 0 Å². The number of rotatable bonds is 6. The summed E-state index contributed by atoms with van der Waals surface area (Å²) in [7, 11) is 1.66. The SMILES string of the molecule is COCc1cn(C[C@H]2C[C@H]3CCN2C[C@@H]3C(=O)Nc2ccccc2)nn1. The Morgan fingerprint density at radius 2 is 2.19 bits per heavy atom. The van der Waals surface area contributed by atoms with E-state index in [1.165, 1.54) is 0 Å². The van der Waals surface area contributed by atoms with Gasteiger partial charge in [0.25, 0.3) is 0 Å². The molecule has 7 nitrogen and oxygen atoms in total. The number of ether oxygens (including phenoxy) is 1. The third-order valence-electron chi connectivity index (χ3n) is 5.53. The summed E-state index contributed by atoms with van der Waals surface area (Å²) >= 11 is 0. The molecule has 4 heterocycles. The first-order valence-corrected chi connectivity index (χ1v) is 9.21. The first-order valence-electron chi connectivity index (χ1n) is 9.21. The summed E-state index contributed by atoms with van der Waals surface area (Å²) in [5.74, 6) is 0.656. The number of methoxy groups -OCH3 is 1. The number of nitrogens with one attached hydrogen (secondary N) is 1. The summed E-state index contributed by atoms with van der Waals surface area (Å²) < 4.78 is 7.00. The second-order valence-electron chi connectivity index (χ2n) is 7.26. The summed E-state index contributed by atoms with van der Waals surface area (Å²) in [6.07, 6.45) is 4.08. The van der Waals surface area contributed by atoms with Crippen LogP contribution in [0.4, 0.5) is 5.69 Å². The molecule has 5 rings (SSSR count). The third kappa shape index (κ3) is 3.64. The van der Waals surface area contributed by atoms with Gasteiger partial charge >= 0.3 is 0 Å². The molecule has 7 heteroatoms. The lowest BCUT2D eigenvalue weighted by molar-refractivity contribution is -0.127. The number of carbonyl (C=O) groups is 1. The lowest BCUT2D eigenvalue weighted by Gasteiger charge is -2.49.